The maximum Gasteiger partial charge on any atom is 0.244 e. The van der Waals surface area contributed by atoms with Crippen LogP contribution in [0.2, 0.25) is 0 Å². The second-order valence-corrected chi connectivity index (χ2v) is 9.00. The molecule has 2 aromatic carbocycles. The molecular weight excluding hydrogens is 376 g/mol. The minimum atomic E-state index is -3.81. The molecule has 7 heteroatoms. The van der Waals surface area contributed by atoms with E-state index in [0.29, 0.717) is 36.4 Å². The van der Waals surface area contributed by atoms with Gasteiger partial charge in [-0.2, -0.15) is 4.31 Å². The number of sulfonamides is 1. The minimum Gasteiger partial charge on any atom is -0.497 e. The number of anilines is 1. The number of hydrogen-bond donors (Lipinski definition) is 1. The van der Waals surface area contributed by atoms with Crippen LogP contribution >= 0.6 is 0 Å². The van der Waals surface area contributed by atoms with Crippen molar-refractivity contribution in [3.05, 3.63) is 53.1 Å². The van der Waals surface area contributed by atoms with Crippen LogP contribution in [0.3, 0.4) is 0 Å². The van der Waals surface area contributed by atoms with Gasteiger partial charge in [-0.15, -0.1) is 0 Å². The molecule has 1 aliphatic heterocycles. The van der Waals surface area contributed by atoms with Gasteiger partial charge in [-0.1, -0.05) is 18.2 Å². The van der Waals surface area contributed by atoms with Gasteiger partial charge in [-0.25, -0.2) is 8.42 Å². The first-order valence-corrected chi connectivity index (χ1v) is 10.7. The van der Waals surface area contributed by atoms with Gasteiger partial charge in [0.2, 0.25) is 15.9 Å². The number of rotatable bonds is 5. The molecule has 0 aromatic heterocycles. The lowest BCUT2D eigenvalue weighted by Gasteiger charge is -2.25. The van der Waals surface area contributed by atoms with Gasteiger partial charge < -0.3 is 10.1 Å². The molecular formula is C21H26N2O4S. The van der Waals surface area contributed by atoms with Crippen LogP contribution in [0, 0.1) is 20.8 Å². The van der Waals surface area contributed by atoms with Crippen LogP contribution < -0.4 is 10.1 Å². The Labute approximate surface area is 166 Å². The molecule has 0 aliphatic carbocycles. The summed E-state index contributed by atoms with van der Waals surface area (Å²) in [6.45, 7) is 5.98. The van der Waals surface area contributed by atoms with E-state index >= 15 is 0 Å². The molecule has 150 valence electrons. The topological polar surface area (TPSA) is 75.7 Å². The van der Waals surface area contributed by atoms with Gasteiger partial charge in [0.1, 0.15) is 11.8 Å². The first kappa shape index (κ1) is 20.4. The molecule has 1 aliphatic rings. The second-order valence-electron chi connectivity index (χ2n) is 7.14. The number of methoxy groups -OCH3 is 1. The predicted molar refractivity (Wildman–Crippen MR) is 109 cm³/mol. The number of benzene rings is 2. The van der Waals surface area contributed by atoms with Crippen molar-refractivity contribution in [2.75, 3.05) is 19.0 Å². The Morgan fingerprint density at radius 2 is 1.89 bits per heavy atom. The fraction of sp³-hybridized carbons (Fsp3) is 0.381. The largest absolute Gasteiger partial charge is 0.497 e. The van der Waals surface area contributed by atoms with E-state index in [1.807, 2.05) is 32.0 Å². The molecule has 1 atom stereocenters. The molecule has 0 radical (unpaired) electrons. The predicted octanol–water partition coefficient (Wildman–Crippen LogP) is 3.41. The van der Waals surface area contributed by atoms with E-state index in [1.165, 1.54) is 17.5 Å². The highest BCUT2D eigenvalue weighted by Gasteiger charge is 2.40. The second kappa shape index (κ2) is 7.93. The standard InChI is InChI=1S/C21H26N2O4S/c1-14-7-5-8-18(16(14)3)22-21(24)19-9-6-12-23(19)28(25,26)20-13-17(27-4)11-10-15(20)2/h5,7-8,10-11,13,19H,6,9,12H2,1-4H3,(H,22,24). The molecule has 0 bridgehead atoms. The third kappa shape index (κ3) is 3.77. The van der Waals surface area contributed by atoms with E-state index in [1.54, 1.807) is 19.1 Å². The Morgan fingerprint density at radius 1 is 1.14 bits per heavy atom. The van der Waals surface area contributed by atoms with Crippen molar-refractivity contribution in [1.82, 2.24) is 4.31 Å². The lowest BCUT2D eigenvalue weighted by atomic mass is 10.1. The van der Waals surface area contributed by atoms with Crippen LogP contribution in [-0.2, 0) is 14.8 Å². The number of nitrogens with one attached hydrogen (secondary N) is 1. The summed E-state index contributed by atoms with van der Waals surface area (Å²) in [7, 11) is -2.32. The van der Waals surface area contributed by atoms with Gasteiger partial charge in [0.05, 0.1) is 12.0 Å². The average molecular weight is 403 g/mol. The molecule has 1 saturated heterocycles. The first-order chi connectivity index (χ1) is 13.3. The van der Waals surface area contributed by atoms with Crippen LogP contribution in [0.15, 0.2) is 41.3 Å². The van der Waals surface area contributed by atoms with Crippen molar-refractivity contribution in [3.63, 3.8) is 0 Å². The van der Waals surface area contributed by atoms with Crippen molar-refractivity contribution in [2.45, 2.75) is 44.6 Å². The van der Waals surface area contributed by atoms with E-state index in [2.05, 4.69) is 5.32 Å². The molecule has 1 N–H and O–H groups in total. The molecule has 1 unspecified atom stereocenters. The van der Waals surface area contributed by atoms with Crippen molar-refractivity contribution < 1.29 is 17.9 Å². The van der Waals surface area contributed by atoms with Crippen molar-refractivity contribution in [1.29, 1.82) is 0 Å². The molecule has 1 heterocycles. The zero-order valence-electron chi connectivity index (χ0n) is 16.7. The van der Waals surface area contributed by atoms with Gasteiger partial charge in [0.15, 0.2) is 0 Å². The average Bonchev–Trinajstić information content (AvgIpc) is 3.16. The Balaban J connectivity index is 1.90. The van der Waals surface area contributed by atoms with Gasteiger partial charge in [-0.3, -0.25) is 4.79 Å². The van der Waals surface area contributed by atoms with E-state index in [0.717, 1.165) is 11.1 Å². The number of hydrogen-bond acceptors (Lipinski definition) is 4. The summed E-state index contributed by atoms with van der Waals surface area (Å²) in [6, 6.07) is 9.91. The van der Waals surface area contributed by atoms with Crippen molar-refractivity contribution in [3.8, 4) is 5.75 Å². The minimum absolute atomic E-state index is 0.179. The molecule has 1 fully saturated rings. The summed E-state index contributed by atoms with van der Waals surface area (Å²) in [6.07, 6.45) is 1.14. The number of carbonyl (C=O) groups is 1. The van der Waals surface area contributed by atoms with E-state index < -0.39 is 16.1 Å². The van der Waals surface area contributed by atoms with E-state index in [4.69, 9.17) is 4.74 Å². The number of amides is 1. The summed E-state index contributed by atoms with van der Waals surface area (Å²) in [5.41, 5.74) is 3.39. The summed E-state index contributed by atoms with van der Waals surface area (Å²) in [5, 5.41) is 2.91. The highest BCUT2D eigenvalue weighted by Crippen LogP contribution is 2.31. The van der Waals surface area contributed by atoms with Gasteiger partial charge in [0, 0.05) is 18.3 Å². The van der Waals surface area contributed by atoms with Crippen LogP contribution in [0.4, 0.5) is 5.69 Å². The van der Waals surface area contributed by atoms with Gasteiger partial charge >= 0.3 is 0 Å². The first-order valence-electron chi connectivity index (χ1n) is 9.29. The van der Waals surface area contributed by atoms with E-state index in [-0.39, 0.29) is 10.8 Å². The molecule has 6 nitrogen and oxygen atoms in total. The van der Waals surface area contributed by atoms with Crippen molar-refractivity contribution >= 4 is 21.6 Å². The highest BCUT2D eigenvalue weighted by molar-refractivity contribution is 7.89. The summed E-state index contributed by atoms with van der Waals surface area (Å²) >= 11 is 0. The number of nitrogens with zero attached hydrogens (tertiary/aromatic N) is 1. The Hall–Kier alpha value is -2.38. The molecule has 0 spiro atoms. The van der Waals surface area contributed by atoms with Crippen LogP contribution in [0.5, 0.6) is 5.75 Å². The van der Waals surface area contributed by atoms with Crippen LogP contribution in [0.1, 0.15) is 29.5 Å². The Kier molecular flexibility index (Phi) is 5.76. The third-order valence-corrected chi connectivity index (χ3v) is 7.40. The zero-order chi connectivity index (χ0) is 20.5. The SMILES string of the molecule is COc1ccc(C)c(S(=O)(=O)N2CCCC2C(=O)Nc2cccc(C)c2C)c1. The maximum absolute atomic E-state index is 13.3. The fourth-order valence-corrected chi connectivity index (χ4v) is 5.40. The molecule has 1 amide bonds. The van der Waals surface area contributed by atoms with Gasteiger partial charge in [0.25, 0.3) is 0 Å². The number of aryl methyl sites for hydroxylation is 2. The summed E-state index contributed by atoms with van der Waals surface area (Å²) < 4.78 is 33.1. The molecule has 0 saturated carbocycles. The van der Waals surface area contributed by atoms with Crippen LogP contribution in [-0.4, -0.2) is 38.3 Å². The smallest absolute Gasteiger partial charge is 0.244 e. The highest BCUT2D eigenvalue weighted by atomic mass is 32.2. The summed E-state index contributed by atoms with van der Waals surface area (Å²) in [4.78, 5) is 13.1. The molecule has 28 heavy (non-hydrogen) atoms. The molecule has 2 aromatic rings. The Bertz CT molecular complexity index is 1000. The summed E-state index contributed by atoms with van der Waals surface area (Å²) in [5.74, 6) is 0.176. The quantitative estimate of drug-likeness (QED) is 0.832. The van der Waals surface area contributed by atoms with Crippen LogP contribution in [0.25, 0.3) is 0 Å². The van der Waals surface area contributed by atoms with Crippen molar-refractivity contribution in [2.24, 2.45) is 0 Å². The monoisotopic (exact) mass is 402 g/mol. The zero-order valence-corrected chi connectivity index (χ0v) is 17.5. The number of carbonyl (C=O) groups excluding carboxylic acids is 1. The van der Waals surface area contributed by atoms with E-state index in [9.17, 15) is 13.2 Å². The third-order valence-electron chi connectivity index (χ3n) is 5.35. The van der Waals surface area contributed by atoms with Gasteiger partial charge in [-0.05, 0) is 62.4 Å². The lowest BCUT2D eigenvalue weighted by Crippen LogP contribution is -2.43. The maximum atomic E-state index is 13.3. The normalized spacial score (nSPS) is 17.5. The Morgan fingerprint density at radius 3 is 2.61 bits per heavy atom. The lowest BCUT2D eigenvalue weighted by molar-refractivity contribution is -0.119. The molecule has 3 rings (SSSR count). The fourth-order valence-electron chi connectivity index (χ4n) is 3.50. The number of ether oxygens (including phenoxy) is 1.